The number of hydrogen-bond acceptors (Lipinski definition) is 2. The monoisotopic (exact) mass is 268 g/mol. The first-order chi connectivity index (χ1) is 8.60. The van der Waals surface area contributed by atoms with Gasteiger partial charge in [0.05, 0.1) is 14.8 Å². The van der Waals surface area contributed by atoms with Gasteiger partial charge in [-0.3, -0.25) is 9.80 Å². The first kappa shape index (κ1) is 17.6. The van der Waals surface area contributed by atoms with Gasteiger partial charge in [-0.05, 0) is 39.5 Å². The summed E-state index contributed by atoms with van der Waals surface area (Å²) >= 11 is 0. The lowest BCUT2D eigenvalue weighted by molar-refractivity contribution is 0.0311. The molecule has 0 N–H and O–H groups in total. The van der Waals surface area contributed by atoms with Gasteiger partial charge in [0, 0.05) is 0 Å². The van der Waals surface area contributed by atoms with Crippen LogP contribution >= 0.6 is 0 Å². The minimum Gasteiger partial charge on any atom is -0.289 e. The van der Waals surface area contributed by atoms with E-state index in [1.165, 1.54) is 0 Å². The van der Waals surface area contributed by atoms with E-state index in [-0.39, 0.29) is 14.8 Å². The van der Waals surface area contributed by atoms with Gasteiger partial charge in [0.25, 0.3) is 0 Å². The molecule has 2 nitrogen and oxygen atoms in total. The topological polar surface area (TPSA) is 6.48 Å². The van der Waals surface area contributed by atoms with Gasteiger partial charge in [0.1, 0.15) is 0 Å². The normalized spacial score (nSPS) is 13.5. The molecule has 106 valence electrons. The molecule has 0 rings (SSSR count). The van der Waals surface area contributed by atoms with Crippen LogP contribution in [0.5, 0.6) is 0 Å². The second-order valence-electron chi connectivity index (χ2n) is 4.76. The number of rotatable bonds is 10. The molecule has 18 heavy (non-hydrogen) atoms. The van der Waals surface area contributed by atoms with Gasteiger partial charge in [-0.2, -0.15) is 0 Å². The van der Waals surface area contributed by atoms with Crippen molar-refractivity contribution in [1.29, 1.82) is 0 Å². The highest BCUT2D eigenvalue weighted by atomic mass is 28.2. The molecule has 0 aromatic rings. The number of hydrogen-bond donors (Lipinski definition) is 0. The van der Waals surface area contributed by atoms with Crippen LogP contribution in [0.25, 0.3) is 0 Å². The van der Waals surface area contributed by atoms with E-state index in [1.54, 1.807) is 0 Å². The molecule has 0 atom stereocenters. The molecular formula is C15H32N2Si. The minimum atomic E-state index is -0.307. The first-order valence-electron chi connectivity index (χ1n) is 7.36. The van der Waals surface area contributed by atoms with Gasteiger partial charge in [-0.1, -0.05) is 39.8 Å². The molecular weight excluding hydrogens is 236 g/mol. The predicted octanol–water partition coefficient (Wildman–Crippen LogP) is 2.60. The highest BCUT2D eigenvalue weighted by molar-refractivity contribution is 6.46. The maximum Gasteiger partial charge on any atom is 0.0863 e. The van der Waals surface area contributed by atoms with E-state index >= 15 is 0 Å². The van der Waals surface area contributed by atoms with Gasteiger partial charge in [-0.15, -0.1) is 12.3 Å². The minimum absolute atomic E-state index is 0.269. The Labute approximate surface area is 117 Å². The zero-order chi connectivity index (χ0) is 14.0. The van der Waals surface area contributed by atoms with Crippen molar-refractivity contribution in [3.05, 3.63) is 24.4 Å². The summed E-state index contributed by atoms with van der Waals surface area (Å²) in [5.74, 6) is 0. The predicted molar refractivity (Wildman–Crippen MR) is 86.7 cm³/mol. The molecule has 0 aliphatic carbocycles. The van der Waals surface area contributed by atoms with Crippen LogP contribution in [0.3, 0.4) is 0 Å². The molecule has 0 spiro atoms. The average molecular weight is 269 g/mol. The maximum atomic E-state index is 3.77. The Kier molecular flexibility index (Phi) is 9.33. The highest BCUT2D eigenvalue weighted by Crippen LogP contribution is 2.19. The molecule has 0 saturated carbocycles. The molecule has 0 fully saturated rings. The summed E-state index contributed by atoms with van der Waals surface area (Å²) in [5, 5.41) is 0.269. The summed E-state index contributed by atoms with van der Waals surface area (Å²) in [6, 6.07) is 0. The molecule has 0 saturated heterocycles. The zero-order valence-electron chi connectivity index (χ0n) is 13.1. The first-order valence-corrected chi connectivity index (χ1v) is 8.88. The molecule has 0 unspecified atom stereocenters. The Bertz CT molecular complexity index is 231. The van der Waals surface area contributed by atoms with Gasteiger partial charge >= 0.3 is 0 Å². The summed E-state index contributed by atoms with van der Waals surface area (Å²) < 4.78 is 0. The van der Waals surface area contributed by atoms with E-state index in [2.05, 4.69) is 62.8 Å². The van der Waals surface area contributed by atoms with Crippen molar-refractivity contribution in [2.45, 2.75) is 46.3 Å². The largest absolute Gasteiger partial charge is 0.289 e. The Morgan fingerprint density at radius 2 is 1.44 bits per heavy atom. The lowest BCUT2D eigenvalue weighted by Gasteiger charge is -2.47. The summed E-state index contributed by atoms with van der Waals surface area (Å²) in [5.41, 5.74) is 2.44. The molecule has 0 radical (unpaired) electrons. The highest BCUT2D eigenvalue weighted by Gasteiger charge is 2.33. The Balaban J connectivity index is 4.93. The Morgan fingerprint density at radius 3 is 1.78 bits per heavy atom. The standard InChI is InChI=1S/C15H32N2Si/c1-7-12-13-14-18-15(6,16(8-2)9-3)17(10-4)11-5/h7,13-14H,1,8-12,18H2,2-6H3. The van der Waals surface area contributed by atoms with E-state index < -0.39 is 0 Å². The Hall–Kier alpha value is -0.383. The summed E-state index contributed by atoms with van der Waals surface area (Å²) in [6.45, 7) is 19.8. The van der Waals surface area contributed by atoms with E-state index in [9.17, 15) is 0 Å². The van der Waals surface area contributed by atoms with E-state index in [1.807, 2.05) is 6.08 Å². The van der Waals surface area contributed by atoms with Crippen molar-refractivity contribution in [3.8, 4) is 0 Å². The van der Waals surface area contributed by atoms with Crippen LogP contribution in [0.15, 0.2) is 24.4 Å². The van der Waals surface area contributed by atoms with Crippen molar-refractivity contribution in [3.63, 3.8) is 0 Å². The number of allylic oxidation sites excluding steroid dienone is 2. The van der Waals surface area contributed by atoms with Crippen molar-refractivity contribution in [2.24, 2.45) is 0 Å². The van der Waals surface area contributed by atoms with Gasteiger partial charge in [0.15, 0.2) is 0 Å². The lowest BCUT2D eigenvalue weighted by Crippen LogP contribution is -2.62. The smallest absolute Gasteiger partial charge is 0.0863 e. The third-order valence-corrected chi connectivity index (χ3v) is 6.10. The molecule has 0 aliphatic rings. The molecule has 0 bridgehead atoms. The third kappa shape index (κ3) is 4.71. The summed E-state index contributed by atoms with van der Waals surface area (Å²) in [4.78, 5) is 5.23. The zero-order valence-corrected chi connectivity index (χ0v) is 14.5. The van der Waals surface area contributed by atoms with Crippen LogP contribution < -0.4 is 0 Å². The third-order valence-electron chi connectivity index (χ3n) is 3.86. The molecule has 0 heterocycles. The fourth-order valence-electron chi connectivity index (χ4n) is 2.77. The fraction of sp³-hybridized carbons (Fsp3) is 0.733. The van der Waals surface area contributed by atoms with Crippen LogP contribution in [0.4, 0.5) is 0 Å². The van der Waals surface area contributed by atoms with Gasteiger partial charge in [0.2, 0.25) is 0 Å². The average Bonchev–Trinajstić information content (AvgIpc) is 2.37. The van der Waals surface area contributed by atoms with Crippen LogP contribution in [0.1, 0.15) is 41.0 Å². The summed E-state index contributed by atoms with van der Waals surface area (Å²) in [7, 11) is -0.307. The van der Waals surface area contributed by atoms with E-state index in [4.69, 9.17) is 0 Å². The Morgan fingerprint density at radius 1 is 1.00 bits per heavy atom. The fourth-order valence-corrected chi connectivity index (χ4v) is 4.98. The van der Waals surface area contributed by atoms with E-state index in [0.29, 0.717) is 0 Å². The van der Waals surface area contributed by atoms with Gasteiger partial charge in [-0.25, -0.2) is 0 Å². The second-order valence-corrected chi connectivity index (χ2v) is 6.98. The van der Waals surface area contributed by atoms with Crippen molar-refractivity contribution in [2.75, 3.05) is 26.2 Å². The maximum absolute atomic E-state index is 3.77. The van der Waals surface area contributed by atoms with Crippen molar-refractivity contribution in [1.82, 2.24) is 9.80 Å². The molecule has 0 amide bonds. The summed E-state index contributed by atoms with van der Waals surface area (Å²) in [6.07, 6.45) is 5.25. The van der Waals surface area contributed by atoms with Crippen LogP contribution in [-0.4, -0.2) is 50.8 Å². The van der Waals surface area contributed by atoms with Crippen LogP contribution in [0, 0.1) is 0 Å². The molecule has 3 heteroatoms. The SMILES string of the molecule is C=CCC=C[SiH2]C(C)(N(CC)CC)N(CC)CC. The van der Waals surface area contributed by atoms with Crippen LogP contribution in [0.2, 0.25) is 0 Å². The van der Waals surface area contributed by atoms with Crippen LogP contribution in [-0.2, 0) is 0 Å². The second kappa shape index (κ2) is 9.53. The van der Waals surface area contributed by atoms with Gasteiger partial charge < -0.3 is 0 Å². The lowest BCUT2D eigenvalue weighted by atomic mass is 10.3. The molecule has 0 aromatic carbocycles. The number of nitrogens with zero attached hydrogens (tertiary/aromatic N) is 2. The molecule has 0 aliphatic heterocycles. The quantitative estimate of drug-likeness (QED) is 0.341. The van der Waals surface area contributed by atoms with E-state index in [0.717, 1.165) is 32.6 Å². The van der Waals surface area contributed by atoms with Crippen molar-refractivity contribution < 1.29 is 0 Å². The van der Waals surface area contributed by atoms with Crippen molar-refractivity contribution >= 4 is 9.52 Å². The molecule has 0 aromatic heterocycles.